The third-order valence-corrected chi connectivity index (χ3v) is 4.16. The number of rotatable bonds is 4. The van der Waals surface area contributed by atoms with Crippen molar-refractivity contribution in [3.63, 3.8) is 0 Å². The van der Waals surface area contributed by atoms with Crippen LogP contribution in [-0.4, -0.2) is 25.4 Å². The second-order valence-corrected chi connectivity index (χ2v) is 5.58. The van der Waals surface area contributed by atoms with Gasteiger partial charge in [-0.3, -0.25) is 0 Å². The van der Waals surface area contributed by atoms with Crippen LogP contribution in [-0.2, 0) is 13.0 Å². The Morgan fingerprint density at radius 1 is 1.37 bits per heavy atom. The molecule has 3 aromatic rings. The van der Waals surface area contributed by atoms with Crippen molar-refractivity contribution >= 4 is 34.1 Å². The van der Waals surface area contributed by atoms with Crippen molar-refractivity contribution in [2.24, 2.45) is 0 Å². The molecule has 0 unspecified atom stereocenters. The van der Waals surface area contributed by atoms with Crippen molar-refractivity contribution in [2.45, 2.75) is 19.9 Å². The molecule has 0 spiro atoms. The Kier molecular flexibility index (Phi) is 3.48. The molecule has 4 nitrogen and oxygen atoms in total. The van der Waals surface area contributed by atoms with Crippen LogP contribution < -0.4 is 0 Å². The average molecular weight is 293 g/mol. The minimum Gasteiger partial charge on any atom is -0.307 e. The highest BCUT2D eigenvalue weighted by Crippen LogP contribution is 2.20. The lowest BCUT2D eigenvalue weighted by atomic mass is 10.3. The first-order chi connectivity index (χ1) is 9.29. The summed E-state index contributed by atoms with van der Waals surface area (Å²) in [7, 11) is 0. The first kappa shape index (κ1) is 12.6. The molecular formula is C13H13ClN4S. The van der Waals surface area contributed by atoms with Gasteiger partial charge in [0.25, 0.3) is 0 Å². The van der Waals surface area contributed by atoms with Gasteiger partial charge in [-0.25, -0.2) is 15.0 Å². The maximum absolute atomic E-state index is 5.87. The minimum atomic E-state index is 0.561. The molecule has 3 heterocycles. The van der Waals surface area contributed by atoms with Crippen LogP contribution in [0.25, 0.3) is 11.2 Å². The number of aryl methyl sites for hydroxylation is 2. The molecule has 0 bridgehead atoms. The van der Waals surface area contributed by atoms with Gasteiger partial charge in [0.05, 0.1) is 17.7 Å². The van der Waals surface area contributed by atoms with Gasteiger partial charge in [-0.2, -0.15) is 0 Å². The summed E-state index contributed by atoms with van der Waals surface area (Å²) in [6.07, 6.45) is 2.54. The Balaban J connectivity index is 2.09. The van der Waals surface area contributed by atoms with E-state index >= 15 is 0 Å². The fourth-order valence-electron chi connectivity index (χ4n) is 2.07. The van der Waals surface area contributed by atoms with Crippen LogP contribution in [0, 0.1) is 6.92 Å². The monoisotopic (exact) mass is 292 g/mol. The number of thiazole rings is 1. The fourth-order valence-corrected chi connectivity index (χ4v) is 3.00. The molecule has 0 saturated heterocycles. The number of alkyl halides is 1. The van der Waals surface area contributed by atoms with Crippen LogP contribution >= 0.6 is 22.9 Å². The van der Waals surface area contributed by atoms with Crippen LogP contribution in [0.15, 0.2) is 23.8 Å². The van der Waals surface area contributed by atoms with E-state index < -0.39 is 0 Å². The Morgan fingerprint density at radius 2 is 2.26 bits per heavy atom. The number of aromatic nitrogens is 4. The lowest BCUT2D eigenvalue weighted by Gasteiger charge is -2.06. The van der Waals surface area contributed by atoms with E-state index in [1.807, 2.05) is 24.6 Å². The van der Waals surface area contributed by atoms with E-state index in [-0.39, 0.29) is 0 Å². The number of nitrogens with zero attached hydrogens (tertiary/aromatic N) is 4. The molecule has 0 N–H and O–H groups in total. The number of fused-ring (bicyclic) bond motifs is 1. The number of pyridine rings is 1. The first-order valence-electron chi connectivity index (χ1n) is 6.04. The molecule has 0 aromatic carbocycles. The van der Waals surface area contributed by atoms with Crippen molar-refractivity contribution in [2.75, 3.05) is 5.88 Å². The van der Waals surface area contributed by atoms with Gasteiger partial charge in [0, 0.05) is 23.4 Å². The van der Waals surface area contributed by atoms with Crippen molar-refractivity contribution in [1.29, 1.82) is 0 Å². The predicted octanol–water partition coefficient (Wildman–Crippen LogP) is 3.03. The van der Waals surface area contributed by atoms with Gasteiger partial charge in [-0.1, -0.05) is 0 Å². The lowest BCUT2D eigenvalue weighted by molar-refractivity contribution is 0.751. The molecule has 0 aliphatic carbocycles. The molecule has 6 heteroatoms. The predicted molar refractivity (Wildman–Crippen MR) is 77.9 cm³/mol. The SMILES string of the molecule is Cc1ncsc1Cn1c(CCCl)nc2cccnc21. The minimum absolute atomic E-state index is 0.561. The van der Waals surface area contributed by atoms with E-state index in [1.54, 1.807) is 17.5 Å². The van der Waals surface area contributed by atoms with Gasteiger partial charge in [-0.15, -0.1) is 22.9 Å². The van der Waals surface area contributed by atoms with E-state index in [9.17, 15) is 0 Å². The molecule has 0 aliphatic heterocycles. The van der Waals surface area contributed by atoms with E-state index in [0.717, 1.165) is 35.6 Å². The van der Waals surface area contributed by atoms with Gasteiger partial charge in [-0.05, 0) is 19.1 Å². The smallest absolute Gasteiger partial charge is 0.160 e. The number of hydrogen-bond acceptors (Lipinski definition) is 4. The highest BCUT2D eigenvalue weighted by atomic mass is 35.5. The molecular weight excluding hydrogens is 280 g/mol. The molecule has 0 aliphatic rings. The van der Waals surface area contributed by atoms with Crippen LogP contribution in [0.1, 0.15) is 16.4 Å². The van der Waals surface area contributed by atoms with Crippen LogP contribution in [0.2, 0.25) is 0 Å². The quantitative estimate of drug-likeness (QED) is 0.694. The summed E-state index contributed by atoms with van der Waals surface area (Å²) < 4.78 is 2.14. The molecule has 0 atom stereocenters. The molecule has 0 radical (unpaired) electrons. The first-order valence-corrected chi connectivity index (χ1v) is 7.46. The molecule has 0 amide bonds. The number of hydrogen-bond donors (Lipinski definition) is 0. The fraction of sp³-hybridized carbons (Fsp3) is 0.308. The summed E-state index contributed by atoms with van der Waals surface area (Å²) in [5.74, 6) is 1.54. The van der Waals surface area contributed by atoms with Gasteiger partial charge in [0.2, 0.25) is 0 Å². The summed E-state index contributed by atoms with van der Waals surface area (Å²) >= 11 is 7.53. The summed E-state index contributed by atoms with van der Waals surface area (Å²) in [5, 5.41) is 0. The zero-order valence-electron chi connectivity index (χ0n) is 10.5. The Hall–Kier alpha value is -1.46. The topological polar surface area (TPSA) is 43.6 Å². The third-order valence-electron chi connectivity index (χ3n) is 3.05. The largest absolute Gasteiger partial charge is 0.307 e. The third kappa shape index (κ3) is 2.35. The maximum Gasteiger partial charge on any atom is 0.160 e. The molecule has 3 rings (SSSR count). The van der Waals surface area contributed by atoms with E-state index in [0.29, 0.717) is 5.88 Å². The highest BCUT2D eigenvalue weighted by molar-refractivity contribution is 7.09. The van der Waals surface area contributed by atoms with Crippen LogP contribution in [0.4, 0.5) is 0 Å². The van der Waals surface area contributed by atoms with E-state index in [2.05, 4.69) is 19.5 Å². The van der Waals surface area contributed by atoms with E-state index in [1.165, 1.54) is 4.88 Å². The number of imidazole rings is 1. The van der Waals surface area contributed by atoms with Crippen LogP contribution in [0.3, 0.4) is 0 Å². The molecule has 19 heavy (non-hydrogen) atoms. The zero-order valence-corrected chi connectivity index (χ0v) is 12.1. The maximum atomic E-state index is 5.87. The molecule has 0 fully saturated rings. The van der Waals surface area contributed by atoms with Gasteiger partial charge in [0.1, 0.15) is 11.3 Å². The zero-order chi connectivity index (χ0) is 13.2. The lowest BCUT2D eigenvalue weighted by Crippen LogP contribution is -2.06. The Bertz CT molecular complexity index is 704. The summed E-state index contributed by atoms with van der Waals surface area (Å²) in [6.45, 7) is 2.79. The summed E-state index contributed by atoms with van der Waals surface area (Å²) in [5.41, 5.74) is 4.78. The van der Waals surface area contributed by atoms with Crippen molar-refractivity contribution in [1.82, 2.24) is 19.5 Å². The summed E-state index contributed by atoms with van der Waals surface area (Å²) in [4.78, 5) is 14.6. The highest BCUT2D eigenvalue weighted by Gasteiger charge is 2.13. The van der Waals surface area contributed by atoms with Gasteiger partial charge in [0.15, 0.2) is 5.65 Å². The second-order valence-electron chi connectivity index (χ2n) is 4.26. The second kappa shape index (κ2) is 5.27. The van der Waals surface area contributed by atoms with Crippen molar-refractivity contribution < 1.29 is 0 Å². The van der Waals surface area contributed by atoms with E-state index in [4.69, 9.17) is 11.6 Å². The standard InChI is InChI=1S/C13H13ClN4S/c1-9-11(19-8-16-9)7-18-12(4-5-14)17-10-3-2-6-15-13(10)18/h2-3,6,8H,4-5,7H2,1H3. The molecule has 3 aromatic heterocycles. The van der Waals surface area contributed by atoms with Crippen LogP contribution in [0.5, 0.6) is 0 Å². The summed E-state index contributed by atoms with van der Waals surface area (Å²) in [6, 6.07) is 3.89. The Labute approximate surface area is 120 Å². The Morgan fingerprint density at radius 3 is 3.00 bits per heavy atom. The molecule has 98 valence electrons. The average Bonchev–Trinajstić information content (AvgIpc) is 2.96. The number of halogens is 1. The normalized spacial score (nSPS) is 11.3. The van der Waals surface area contributed by atoms with Gasteiger partial charge < -0.3 is 4.57 Å². The molecule has 0 saturated carbocycles. The van der Waals surface area contributed by atoms with Crippen molar-refractivity contribution in [3.05, 3.63) is 40.2 Å². The van der Waals surface area contributed by atoms with Crippen molar-refractivity contribution in [3.8, 4) is 0 Å². The van der Waals surface area contributed by atoms with Gasteiger partial charge >= 0.3 is 0 Å².